The summed E-state index contributed by atoms with van der Waals surface area (Å²) in [7, 11) is -0.841. The number of carbonyl (C=O) groups excluding carboxylic acids is 1. The molecule has 1 aliphatic rings. The van der Waals surface area contributed by atoms with Crippen LogP contribution in [0, 0.1) is 5.92 Å². The molecule has 1 aliphatic heterocycles. The fourth-order valence-corrected chi connectivity index (χ4v) is 5.62. The Morgan fingerprint density at radius 3 is 2.52 bits per heavy atom. The molecule has 1 N–H and O–H groups in total. The normalized spacial score (nSPS) is 18.3. The fourth-order valence-electron chi connectivity index (χ4n) is 3.67. The largest absolute Gasteiger partial charge is 0.497 e. The predicted molar refractivity (Wildman–Crippen MR) is 119 cm³/mol. The molecule has 9 heteroatoms. The van der Waals surface area contributed by atoms with Gasteiger partial charge in [0.2, 0.25) is 15.9 Å². The van der Waals surface area contributed by atoms with Crippen LogP contribution in [0.15, 0.2) is 47.4 Å². The highest BCUT2D eigenvalue weighted by Crippen LogP contribution is 2.32. The third kappa shape index (κ3) is 5.31. The lowest BCUT2D eigenvalue weighted by Gasteiger charge is -2.32. The predicted octanol–water partition coefficient (Wildman–Crippen LogP) is 3.64. The molecule has 0 aliphatic carbocycles. The summed E-state index contributed by atoms with van der Waals surface area (Å²) in [5.41, 5.74) is 0.943. The van der Waals surface area contributed by atoms with Crippen LogP contribution < -0.4 is 14.8 Å². The van der Waals surface area contributed by atoms with E-state index in [0.717, 1.165) is 11.3 Å². The van der Waals surface area contributed by atoms with E-state index in [-0.39, 0.29) is 29.1 Å². The minimum atomic E-state index is -3.85. The van der Waals surface area contributed by atoms with Gasteiger partial charge in [-0.1, -0.05) is 23.7 Å². The third-order valence-corrected chi connectivity index (χ3v) is 7.59. The number of carbonyl (C=O) groups is 1. The van der Waals surface area contributed by atoms with Crippen LogP contribution in [0.2, 0.25) is 5.02 Å². The fraction of sp³-hybridized carbons (Fsp3) is 0.409. The molecule has 0 unspecified atom stereocenters. The number of methoxy groups -OCH3 is 2. The van der Waals surface area contributed by atoms with Crippen molar-refractivity contribution in [3.05, 3.63) is 53.1 Å². The Kier molecular flexibility index (Phi) is 7.46. The Bertz CT molecular complexity index is 1030. The molecule has 0 saturated carbocycles. The van der Waals surface area contributed by atoms with Gasteiger partial charge in [0.25, 0.3) is 0 Å². The highest BCUT2D eigenvalue weighted by molar-refractivity contribution is 7.89. The molecule has 0 aromatic heterocycles. The smallest absolute Gasteiger partial charge is 0.246 e. The molecule has 2 aromatic carbocycles. The second-order valence-corrected chi connectivity index (χ2v) is 9.84. The van der Waals surface area contributed by atoms with Crippen molar-refractivity contribution in [1.29, 1.82) is 0 Å². The first kappa shape index (κ1) is 23.4. The van der Waals surface area contributed by atoms with Crippen molar-refractivity contribution >= 4 is 27.5 Å². The number of amides is 1. The van der Waals surface area contributed by atoms with Crippen LogP contribution in [0.1, 0.15) is 31.4 Å². The van der Waals surface area contributed by atoms with Crippen LogP contribution in [0.3, 0.4) is 0 Å². The number of nitrogens with one attached hydrogen (secondary N) is 1. The third-order valence-electron chi connectivity index (χ3n) is 5.47. The quantitative estimate of drug-likeness (QED) is 0.673. The van der Waals surface area contributed by atoms with Crippen molar-refractivity contribution in [3.8, 4) is 11.5 Å². The molecule has 31 heavy (non-hydrogen) atoms. The topological polar surface area (TPSA) is 84.9 Å². The monoisotopic (exact) mass is 466 g/mol. The lowest BCUT2D eigenvalue weighted by Crippen LogP contribution is -2.45. The van der Waals surface area contributed by atoms with E-state index in [1.807, 2.05) is 31.2 Å². The zero-order chi connectivity index (χ0) is 22.6. The van der Waals surface area contributed by atoms with Gasteiger partial charge >= 0.3 is 0 Å². The number of piperidine rings is 1. The van der Waals surface area contributed by atoms with Gasteiger partial charge in [0.15, 0.2) is 0 Å². The van der Waals surface area contributed by atoms with Gasteiger partial charge in [0.05, 0.1) is 26.2 Å². The molecule has 2 aromatic rings. The van der Waals surface area contributed by atoms with Crippen molar-refractivity contribution in [3.63, 3.8) is 0 Å². The number of halogens is 1. The maximum absolute atomic E-state index is 13.2. The number of sulfonamides is 1. The minimum absolute atomic E-state index is 0.00941. The van der Waals surface area contributed by atoms with E-state index in [2.05, 4.69) is 5.32 Å². The van der Waals surface area contributed by atoms with Gasteiger partial charge < -0.3 is 14.8 Å². The molecule has 168 valence electrons. The zero-order valence-electron chi connectivity index (χ0n) is 17.8. The average molecular weight is 467 g/mol. The molecule has 1 heterocycles. The summed E-state index contributed by atoms with van der Waals surface area (Å²) in [6.07, 6.45) is 1.22. The Morgan fingerprint density at radius 2 is 1.87 bits per heavy atom. The first-order valence-electron chi connectivity index (χ1n) is 10.0. The van der Waals surface area contributed by atoms with E-state index in [0.29, 0.717) is 24.4 Å². The van der Waals surface area contributed by atoms with E-state index in [1.54, 1.807) is 13.2 Å². The number of benzene rings is 2. The Hall–Kier alpha value is -2.29. The van der Waals surface area contributed by atoms with Crippen LogP contribution >= 0.6 is 11.6 Å². The van der Waals surface area contributed by atoms with E-state index < -0.39 is 15.9 Å². The summed E-state index contributed by atoms with van der Waals surface area (Å²) in [5, 5.41) is 3.30. The van der Waals surface area contributed by atoms with Gasteiger partial charge in [-0.05, 0) is 55.7 Å². The summed E-state index contributed by atoms with van der Waals surface area (Å²) in [5.74, 6) is 0.367. The van der Waals surface area contributed by atoms with Crippen molar-refractivity contribution in [2.24, 2.45) is 5.92 Å². The van der Waals surface area contributed by atoms with Crippen LogP contribution in [0.5, 0.6) is 11.5 Å². The summed E-state index contributed by atoms with van der Waals surface area (Å²) < 4.78 is 38.2. The van der Waals surface area contributed by atoms with Gasteiger partial charge in [0.1, 0.15) is 16.4 Å². The minimum Gasteiger partial charge on any atom is -0.497 e. The van der Waals surface area contributed by atoms with E-state index in [9.17, 15) is 13.2 Å². The average Bonchev–Trinajstić information content (AvgIpc) is 2.79. The highest BCUT2D eigenvalue weighted by atomic mass is 35.5. The van der Waals surface area contributed by atoms with Crippen LogP contribution in [-0.2, 0) is 14.8 Å². The van der Waals surface area contributed by atoms with Gasteiger partial charge in [-0.15, -0.1) is 0 Å². The van der Waals surface area contributed by atoms with Crippen molar-refractivity contribution < 1.29 is 22.7 Å². The van der Waals surface area contributed by atoms with Gasteiger partial charge in [-0.2, -0.15) is 4.31 Å². The first-order valence-corrected chi connectivity index (χ1v) is 11.9. The van der Waals surface area contributed by atoms with E-state index >= 15 is 0 Å². The molecular weight excluding hydrogens is 440 g/mol. The molecule has 0 radical (unpaired) electrons. The molecule has 7 nitrogen and oxygen atoms in total. The number of hydrogen-bond donors (Lipinski definition) is 1. The van der Waals surface area contributed by atoms with Gasteiger partial charge in [-0.25, -0.2) is 8.42 Å². The highest BCUT2D eigenvalue weighted by Gasteiger charge is 2.35. The molecule has 1 amide bonds. The molecule has 3 rings (SSSR count). The molecule has 1 fully saturated rings. The Labute approximate surface area is 188 Å². The second kappa shape index (κ2) is 9.89. The summed E-state index contributed by atoms with van der Waals surface area (Å²) in [4.78, 5) is 12.9. The lowest BCUT2D eigenvalue weighted by atomic mass is 9.98. The standard InChI is InChI=1S/C22H27ClN2O5S/c1-15(16-6-9-19(29-2)10-7-16)24-22(26)17-5-4-12-25(14-17)31(27,28)21-13-18(23)8-11-20(21)30-3/h6-11,13,15,17H,4-5,12,14H2,1-3H3,(H,24,26)/t15-,17+/m1/s1. The lowest BCUT2D eigenvalue weighted by molar-refractivity contribution is -0.126. The summed E-state index contributed by atoms with van der Waals surface area (Å²) in [6.45, 7) is 2.35. The van der Waals surface area contributed by atoms with Crippen LogP contribution in [0.4, 0.5) is 0 Å². The maximum Gasteiger partial charge on any atom is 0.246 e. The Morgan fingerprint density at radius 1 is 1.16 bits per heavy atom. The van der Waals surface area contributed by atoms with Crippen molar-refractivity contribution in [2.75, 3.05) is 27.3 Å². The number of ether oxygens (including phenoxy) is 2. The first-order chi connectivity index (χ1) is 14.8. The van der Waals surface area contributed by atoms with Crippen LogP contribution in [-0.4, -0.2) is 45.9 Å². The number of rotatable bonds is 7. The molecule has 0 bridgehead atoms. The molecule has 0 spiro atoms. The van der Waals surface area contributed by atoms with E-state index in [1.165, 1.54) is 23.5 Å². The Balaban J connectivity index is 1.72. The zero-order valence-corrected chi connectivity index (χ0v) is 19.4. The van der Waals surface area contributed by atoms with Gasteiger partial charge in [-0.3, -0.25) is 4.79 Å². The van der Waals surface area contributed by atoms with Crippen LogP contribution in [0.25, 0.3) is 0 Å². The van der Waals surface area contributed by atoms with Crippen molar-refractivity contribution in [2.45, 2.75) is 30.7 Å². The van der Waals surface area contributed by atoms with Gasteiger partial charge in [0, 0.05) is 18.1 Å². The SMILES string of the molecule is COc1ccc([C@@H](C)NC(=O)[C@H]2CCCN(S(=O)(=O)c3cc(Cl)ccc3OC)C2)cc1. The summed E-state index contributed by atoms with van der Waals surface area (Å²) in [6, 6.07) is 11.7. The molecule has 2 atom stereocenters. The summed E-state index contributed by atoms with van der Waals surface area (Å²) >= 11 is 6.02. The molecule has 1 saturated heterocycles. The number of nitrogens with zero attached hydrogens (tertiary/aromatic N) is 1. The van der Waals surface area contributed by atoms with E-state index in [4.69, 9.17) is 21.1 Å². The maximum atomic E-state index is 13.2. The second-order valence-electron chi connectivity index (χ2n) is 7.50. The molecular formula is C22H27ClN2O5S. The van der Waals surface area contributed by atoms with Crippen molar-refractivity contribution in [1.82, 2.24) is 9.62 Å². The number of hydrogen-bond acceptors (Lipinski definition) is 5.